The summed E-state index contributed by atoms with van der Waals surface area (Å²) >= 11 is 0. The normalized spacial score (nSPS) is 17.2. The number of unbranched alkanes of at least 4 members (excludes halogenated alkanes) is 7. The number of halogens is 3. The van der Waals surface area contributed by atoms with E-state index in [0.717, 1.165) is 29.7 Å². The van der Waals surface area contributed by atoms with Crippen molar-refractivity contribution in [1.82, 2.24) is 10.4 Å². The highest BCUT2D eigenvalue weighted by atomic mass is 19.4. The van der Waals surface area contributed by atoms with Crippen molar-refractivity contribution in [2.75, 3.05) is 6.61 Å². The maximum absolute atomic E-state index is 14.5. The molecule has 3 rings (SSSR count). The van der Waals surface area contributed by atoms with Crippen molar-refractivity contribution in [3.05, 3.63) is 42.0 Å². The van der Waals surface area contributed by atoms with E-state index in [4.69, 9.17) is 4.74 Å². The van der Waals surface area contributed by atoms with Gasteiger partial charge in [-0.2, -0.15) is 18.2 Å². The van der Waals surface area contributed by atoms with Gasteiger partial charge in [0.1, 0.15) is 5.75 Å². The van der Waals surface area contributed by atoms with Crippen LogP contribution < -0.4 is 10.2 Å². The zero-order valence-electron chi connectivity index (χ0n) is 20.5. The SMILES string of the molecule is CCCCCCCCCCOc1c([C@H](N2NC(=O)CC2(C)C)C(F)(F)F)ccc2ccccc12. The molecule has 34 heavy (non-hydrogen) atoms. The molecule has 0 aromatic heterocycles. The molecule has 1 fully saturated rings. The maximum atomic E-state index is 14.5. The highest BCUT2D eigenvalue weighted by Gasteiger charge is 2.54. The van der Waals surface area contributed by atoms with Crippen LogP contribution in [0.4, 0.5) is 13.2 Å². The van der Waals surface area contributed by atoms with Crippen LogP contribution in [0.5, 0.6) is 5.75 Å². The summed E-state index contributed by atoms with van der Waals surface area (Å²) in [5.74, 6) is -0.165. The molecule has 0 radical (unpaired) electrons. The van der Waals surface area contributed by atoms with Crippen LogP contribution in [0, 0.1) is 0 Å². The molecule has 0 saturated carbocycles. The number of carbonyl (C=O) groups excluding carboxylic acids is 1. The minimum absolute atomic E-state index is 0.00160. The Bertz CT molecular complexity index is 959. The van der Waals surface area contributed by atoms with Crippen LogP contribution in [0.1, 0.15) is 90.2 Å². The topological polar surface area (TPSA) is 41.6 Å². The number of nitrogens with zero attached hydrogens (tertiary/aromatic N) is 1. The van der Waals surface area contributed by atoms with Crippen molar-refractivity contribution in [2.24, 2.45) is 0 Å². The minimum Gasteiger partial charge on any atom is -0.493 e. The molecule has 1 heterocycles. The van der Waals surface area contributed by atoms with Crippen LogP contribution in [-0.2, 0) is 4.79 Å². The van der Waals surface area contributed by atoms with Gasteiger partial charge < -0.3 is 4.74 Å². The second kappa shape index (κ2) is 11.4. The molecule has 0 spiro atoms. The average molecular weight is 479 g/mol. The second-order valence-corrected chi connectivity index (χ2v) is 9.87. The molecular weight excluding hydrogens is 441 g/mol. The number of hydrogen-bond acceptors (Lipinski definition) is 3. The number of hydrogen-bond donors (Lipinski definition) is 1. The van der Waals surface area contributed by atoms with E-state index in [1.54, 1.807) is 32.0 Å². The maximum Gasteiger partial charge on any atom is 0.410 e. The molecule has 1 saturated heterocycles. The molecule has 1 aliphatic heterocycles. The molecule has 188 valence electrons. The van der Waals surface area contributed by atoms with Gasteiger partial charge in [-0.15, -0.1) is 0 Å². The predicted molar refractivity (Wildman–Crippen MR) is 130 cm³/mol. The Morgan fingerprint density at radius 1 is 1.00 bits per heavy atom. The van der Waals surface area contributed by atoms with Gasteiger partial charge >= 0.3 is 6.18 Å². The Labute approximate surface area is 200 Å². The third kappa shape index (κ3) is 6.44. The van der Waals surface area contributed by atoms with Gasteiger partial charge in [0.25, 0.3) is 0 Å². The first-order chi connectivity index (χ1) is 16.1. The number of rotatable bonds is 12. The lowest BCUT2D eigenvalue weighted by Crippen LogP contribution is -2.51. The molecule has 7 heteroatoms. The number of ether oxygens (including phenoxy) is 1. The number of hydrazine groups is 1. The Kier molecular flexibility index (Phi) is 8.85. The molecule has 2 aromatic carbocycles. The molecular formula is C27H37F3N2O2. The van der Waals surface area contributed by atoms with Crippen molar-refractivity contribution in [2.45, 2.75) is 96.3 Å². The van der Waals surface area contributed by atoms with Gasteiger partial charge in [-0.05, 0) is 25.7 Å². The standard InChI is InChI=1S/C27H37F3N2O2/c1-4-5-6-7-8-9-10-13-18-34-24-21-15-12-11-14-20(21)16-17-22(24)25(27(28,29)30)32-26(2,3)19-23(33)31-32/h11-12,14-17,25H,4-10,13,18-19H2,1-3H3,(H,31,33)/t25-/m0/s1. The van der Waals surface area contributed by atoms with Gasteiger partial charge in [0.2, 0.25) is 5.91 Å². The van der Waals surface area contributed by atoms with E-state index in [-0.39, 0.29) is 17.7 Å². The first kappa shape index (κ1) is 26.3. The van der Waals surface area contributed by atoms with E-state index in [9.17, 15) is 18.0 Å². The molecule has 0 aliphatic carbocycles. The smallest absolute Gasteiger partial charge is 0.410 e. The Morgan fingerprint density at radius 3 is 2.26 bits per heavy atom. The second-order valence-electron chi connectivity index (χ2n) is 9.87. The summed E-state index contributed by atoms with van der Waals surface area (Å²) in [6.07, 6.45) is 4.44. The zero-order valence-corrected chi connectivity index (χ0v) is 20.5. The molecule has 0 unspecified atom stereocenters. The van der Waals surface area contributed by atoms with E-state index in [1.165, 1.54) is 38.2 Å². The Balaban J connectivity index is 1.83. The van der Waals surface area contributed by atoms with Gasteiger partial charge in [0, 0.05) is 22.9 Å². The van der Waals surface area contributed by atoms with Crippen molar-refractivity contribution in [3.63, 3.8) is 0 Å². The van der Waals surface area contributed by atoms with E-state index in [0.29, 0.717) is 12.0 Å². The van der Waals surface area contributed by atoms with Crippen LogP contribution in [0.3, 0.4) is 0 Å². The fraction of sp³-hybridized carbons (Fsp3) is 0.593. The summed E-state index contributed by atoms with van der Waals surface area (Å²) in [6, 6.07) is 8.50. The summed E-state index contributed by atoms with van der Waals surface area (Å²) in [5.41, 5.74) is 1.49. The van der Waals surface area contributed by atoms with Gasteiger partial charge in [-0.3, -0.25) is 10.2 Å². The van der Waals surface area contributed by atoms with Crippen molar-refractivity contribution >= 4 is 16.7 Å². The molecule has 1 atom stereocenters. The highest BCUT2D eigenvalue weighted by molar-refractivity contribution is 5.90. The van der Waals surface area contributed by atoms with Crippen LogP contribution in [0.2, 0.25) is 0 Å². The average Bonchev–Trinajstić information content (AvgIpc) is 3.04. The van der Waals surface area contributed by atoms with Crippen molar-refractivity contribution in [1.29, 1.82) is 0 Å². The molecule has 0 bridgehead atoms. The summed E-state index contributed by atoms with van der Waals surface area (Å²) in [5, 5.41) is 2.52. The number of alkyl halides is 3. The monoisotopic (exact) mass is 478 g/mol. The van der Waals surface area contributed by atoms with Crippen LogP contribution in [-0.4, -0.2) is 29.2 Å². The zero-order chi connectivity index (χ0) is 24.8. The minimum atomic E-state index is -4.60. The number of carbonyl (C=O) groups is 1. The molecule has 1 amide bonds. The number of amides is 1. The third-order valence-electron chi connectivity index (χ3n) is 6.51. The first-order valence-corrected chi connectivity index (χ1v) is 12.4. The van der Waals surface area contributed by atoms with Gasteiger partial charge in [-0.1, -0.05) is 88.3 Å². The lowest BCUT2D eigenvalue weighted by molar-refractivity contribution is -0.204. The fourth-order valence-corrected chi connectivity index (χ4v) is 4.73. The van der Waals surface area contributed by atoms with Crippen molar-refractivity contribution < 1.29 is 22.7 Å². The predicted octanol–water partition coefficient (Wildman–Crippen LogP) is 7.48. The summed E-state index contributed by atoms with van der Waals surface area (Å²) < 4.78 is 49.5. The molecule has 1 aliphatic rings. The fourth-order valence-electron chi connectivity index (χ4n) is 4.73. The number of benzene rings is 2. The summed E-state index contributed by atoms with van der Waals surface area (Å²) in [6.45, 7) is 5.84. The summed E-state index contributed by atoms with van der Waals surface area (Å²) in [7, 11) is 0. The number of fused-ring (bicyclic) bond motifs is 1. The lowest BCUT2D eigenvalue weighted by Gasteiger charge is -2.38. The van der Waals surface area contributed by atoms with Crippen LogP contribution in [0.25, 0.3) is 10.8 Å². The molecule has 1 N–H and O–H groups in total. The highest BCUT2D eigenvalue weighted by Crippen LogP contribution is 2.47. The van der Waals surface area contributed by atoms with E-state index < -0.39 is 23.7 Å². The van der Waals surface area contributed by atoms with Crippen molar-refractivity contribution in [3.8, 4) is 5.75 Å². The van der Waals surface area contributed by atoms with E-state index >= 15 is 0 Å². The number of nitrogens with one attached hydrogen (secondary N) is 1. The van der Waals surface area contributed by atoms with E-state index in [1.807, 2.05) is 12.1 Å². The lowest BCUT2D eigenvalue weighted by atomic mass is 9.94. The molecule has 2 aromatic rings. The third-order valence-corrected chi connectivity index (χ3v) is 6.51. The van der Waals surface area contributed by atoms with Crippen LogP contribution >= 0.6 is 0 Å². The van der Waals surface area contributed by atoms with Crippen LogP contribution in [0.15, 0.2) is 36.4 Å². The first-order valence-electron chi connectivity index (χ1n) is 12.4. The quantitative estimate of drug-likeness (QED) is 0.322. The van der Waals surface area contributed by atoms with Gasteiger partial charge in [-0.25, -0.2) is 0 Å². The Morgan fingerprint density at radius 2 is 1.65 bits per heavy atom. The molecule has 4 nitrogen and oxygen atoms in total. The summed E-state index contributed by atoms with van der Waals surface area (Å²) in [4.78, 5) is 12.0. The largest absolute Gasteiger partial charge is 0.493 e. The van der Waals surface area contributed by atoms with E-state index in [2.05, 4.69) is 12.3 Å². The van der Waals surface area contributed by atoms with Gasteiger partial charge in [0.15, 0.2) is 6.04 Å². The van der Waals surface area contributed by atoms with Gasteiger partial charge in [0.05, 0.1) is 6.61 Å². The Hall–Kier alpha value is -2.28.